The van der Waals surface area contributed by atoms with Gasteiger partial charge in [0.1, 0.15) is 0 Å². The Balaban J connectivity index is 3.98. The van der Waals surface area contributed by atoms with Crippen LogP contribution < -0.4 is 0 Å². The summed E-state index contributed by atoms with van der Waals surface area (Å²) in [5.41, 5.74) is 1.81. The molecule has 56 valence electrons. The largest absolute Gasteiger partial charge is 0.262 e. The number of hydrogen-bond acceptors (Lipinski definition) is 1. The molecule has 0 rings (SSSR count). The maximum Gasteiger partial charge on any atom is 0.0486 e. The second-order valence-electron chi connectivity index (χ2n) is 1.99. The Hall–Kier alpha value is -0.560. The Labute approximate surface area is 67.1 Å². The first-order chi connectivity index (χ1) is 4.70. The van der Waals surface area contributed by atoms with Gasteiger partial charge < -0.3 is 0 Å². The fourth-order valence-electron chi connectivity index (χ4n) is 0.379. The van der Waals surface area contributed by atoms with Crippen LogP contribution in [0.5, 0.6) is 0 Å². The van der Waals surface area contributed by atoms with Crippen molar-refractivity contribution in [1.82, 2.24) is 0 Å². The van der Waals surface area contributed by atoms with Crippen molar-refractivity contribution in [3.8, 4) is 0 Å². The molecule has 0 atom stereocenters. The van der Waals surface area contributed by atoms with Crippen LogP contribution in [0.4, 0.5) is 0 Å². The Kier molecular flexibility index (Phi) is 4.95. The molecule has 0 aromatic heterocycles. The SMILES string of the molecule is C=C(C)/N=C\C(=C/C)CCl. The highest BCUT2D eigenvalue weighted by atomic mass is 35.5. The maximum absolute atomic E-state index is 5.56. The third kappa shape index (κ3) is 4.33. The smallest absolute Gasteiger partial charge is 0.0486 e. The highest BCUT2D eigenvalue weighted by molar-refractivity contribution is 6.21. The zero-order valence-electron chi connectivity index (χ0n) is 6.39. The molecule has 0 fully saturated rings. The molecule has 1 nitrogen and oxygen atoms in total. The van der Waals surface area contributed by atoms with E-state index in [0.29, 0.717) is 5.88 Å². The van der Waals surface area contributed by atoms with Crippen LogP contribution >= 0.6 is 11.6 Å². The van der Waals surface area contributed by atoms with Gasteiger partial charge in [0.05, 0.1) is 0 Å². The average molecular weight is 158 g/mol. The molecular weight excluding hydrogens is 146 g/mol. The third-order valence-corrected chi connectivity index (χ3v) is 1.28. The molecule has 10 heavy (non-hydrogen) atoms. The van der Waals surface area contributed by atoms with Crippen LogP contribution in [0.1, 0.15) is 13.8 Å². The lowest BCUT2D eigenvalue weighted by Gasteiger charge is -1.91. The van der Waals surface area contributed by atoms with Gasteiger partial charge in [0.15, 0.2) is 0 Å². The first kappa shape index (κ1) is 9.44. The Morgan fingerprint density at radius 2 is 2.30 bits per heavy atom. The van der Waals surface area contributed by atoms with E-state index in [0.717, 1.165) is 11.3 Å². The van der Waals surface area contributed by atoms with Crippen molar-refractivity contribution in [1.29, 1.82) is 0 Å². The summed E-state index contributed by atoms with van der Waals surface area (Å²) in [6, 6.07) is 0. The first-order valence-electron chi connectivity index (χ1n) is 3.11. The van der Waals surface area contributed by atoms with Crippen LogP contribution in [-0.2, 0) is 0 Å². The van der Waals surface area contributed by atoms with Crippen LogP contribution in [0.15, 0.2) is 28.9 Å². The standard InChI is InChI=1S/C8H12ClN/c1-4-8(5-9)6-10-7(2)3/h4,6H,2,5H2,1,3H3/b8-4-,10-6-. The van der Waals surface area contributed by atoms with E-state index in [9.17, 15) is 0 Å². The molecular formula is C8H12ClN. The van der Waals surface area contributed by atoms with E-state index in [-0.39, 0.29) is 0 Å². The van der Waals surface area contributed by atoms with Crippen LogP contribution in [0.25, 0.3) is 0 Å². The van der Waals surface area contributed by atoms with E-state index in [4.69, 9.17) is 11.6 Å². The van der Waals surface area contributed by atoms with E-state index >= 15 is 0 Å². The van der Waals surface area contributed by atoms with Crippen LogP contribution in [0, 0.1) is 0 Å². The molecule has 0 heterocycles. The highest BCUT2D eigenvalue weighted by Crippen LogP contribution is 1.95. The number of rotatable bonds is 3. The summed E-state index contributed by atoms with van der Waals surface area (Å²) in [7, 11) is 0. The molecule has 0 N–H and O–H groups in total. The Bertz CT molecular complexity index is 168. The van der Waals surface area contributed by atoms with Gasteiger partial charge in [0.2, 0.25) is 0 Å². The number of alkyl halides is 1. The quantitative estimate of drug-likeness (QED) is 0.441. The van der Waals surface area contributed by atoms with Gasteiger partial charge in [-0.1, -0.05) is 12.7 Å². The van der Waals surface area contributed by atoms with Crippen molar-refractivity contribution in [2.24, 2.45) is 4.99 Å². The highest BCUT2D eigenvalue weighted by Gasteiger charge is 1.85. The minimum atomic E-state index is 0.507. The van der Waals surface area contributed by atoms with E-state index in [1.165, 1.54) is 0 Å². The normalized spacial score (nSPS) is 12.5. The van der Waals surface area contributed by atoms with Crippen molar-refractivity contribution in [3.63, 3.8) is 0 Å². The number of halogens is 1. The molecule has 0 saturated heterocycles. The molecule has 0 aliphatic carbocycles. The zero-order valence-corrected chi connectivity index (χ0v) is 7.15. The van der Waals surface area contributed by atoms with Crippen molar-refractivity contribution in [3.05, 3.63) is 23.9 Å². The van der Waals surface area contributed by atoms with Crippen molar-refractivity contribution in [2.45, 2.75) is 13.8 Å². The van der Waals surface area contributed by atoms with Gasteiger partial charge in [-0.05, 0) is 19.4 Å². The summed E-state index contributed by atoms with van der Waals surface area (Å²) >= 11 is 5.56. The fourth-order valence-corrected chi connectivity index (χ4v) is 0.603. The predicted octanol–water partition coefficient (Wildman–Crippen LogP) is 2.78. The number of nitrogens with zero attached hydrogens (tertiary/aromatic N) is 1. The second-order valence-corrected chi connectivity index (χ2v) is 2.26. The number of hydrogen-bond donors (Lipinski definition) is 0. The fraction of sp³-hybridized carbons (Fsp3) is 0.375. The first-order valence-corrected chi connectivity index (χ1v) is 3.65. The predicted molar refractivity (Wildman–Crippen MR) is 47.8 cm³/mol. The molecule has 0 saturated carbocycles. The zero-order chi connectivity index (χ0) is 7.98. The van der Waals surface area contributed by atoms with E-state index in [2.05, 4.69) is 11.6 Å². The van der Waals surface area contributed by atoms with Gasteiger partial charge in [-0.25, -0.2) is 0 Å². The Morgan fingerprint density at radius 1 is 1.70 bits per heavy atom. The van der Waals surface area contributed by atoms with Crippen molar-refractivity contribution in [2.75, 3.05) is 5.88 Å². The van der Waals surface area contributed by atoms with Crippen molar-refractivity contribution < 1.29 is 0 Å². The molecule has 0 bridgehead atoms. The molecule has 0 aromatic rings. The minimum absolute atomic E-state index is 0.507. The van der Waals surface area contributed by atoms with Gasteiger partial charge in [-0.3, -0.25) is 4.99 Å². The van der Waals surface area contributed by atoms with E-state index in [1.807, 2.05) is 19.9 Å². The van der Waals surface area contributed by atoms with Gasteiger partial charge in [-0.2, -0.15) is 0 Å². The molecule has 0 radical (unpaired) electrons. The summed E-state index contributed by atoms with van der Waals surface area (Å²) < 4.78 is 0. The van der Waals surface area contributed by atoms with Crippen LogP contribution in [0.2, 0.25) is 0 Å². The molecule has 0 spiro atoms. The summed E-state index contributed by atoms with van der Waals surface area (Å²) in [5.74, 6) is 0.507. The maximum atomic E-state index is 5.56. The minimum Gasteiger partial charge on any atom is -0.262 e. The molecule has 0 unspecified atom stereocenters. The van der Waals surface area contributed by atoms with Gasteiger partial charge in [-0.15, -0.1) is 11.6 Å². The lowest BCUT2D eigenvalue weighted by Crippen LogP contribution is -1.84. The van der Waals surface area contributed by atoms with E-state index in [1.54, 1.807) is 6.21 Å². The third-order valence-electron chi connectivity index (χ3n) is 0.976. The van der Waals surface area contributed by atoms with Gasteiger partial charge >= 0.3 is 0 Å². The summed E-state index contributed by atoms with van der Waals surface area (Å²) in [4.78, 5) is 3.99. The van der Waals surface area contributed by atoms with Crippen molar-refractivity contribution >= 4 is 17.8 Å². The molecule has 0 amide bonds. The topological polar surface area (TPSA) is 12.4 Å². The monoisotopic (exact) mass is 157 g/mol. The Morgan fingerprint density at radius 3 is 2.60 bits per heavy atom. The molecule has 2 heteroatoms. The summed E-state index contributed by atoms with van der Waals surface area (Å²) in [5, 5.41) is 0. The van der Waals surface area contributed by atoms with Gasteiger partial charge in [0, 0.05) is 17.8 Å². The molecule has 0 aromatic carbocycles. The average Bonchev–Trinajstić information content (AvgIpc) is 1.90. The van der Waals surface area contributed by atoms with Crippen LogP contribution in [-0.4, -0.2) is 12.1 Å². The van der Waals surface area contributed by atoms with Crippen LogP contribution in [0.3, 0.4) is 0 Å². The number of aliphatic imine (C=N–C) groups is 1. The van der Waals surface area contributed by atoms with Gasteiger partial charge in [0.25, 0.3) is 0 Å². The summed E-state index contributed by atoms with van der Waals surface area (Å²) in [6.45, 7) is 7.41. The van der Waals surface area contributed by atoms with E-state index < -0.39 is 0 Å². The molecule has 0 aliphatic heterocycles. The summed E-state index contributed by atoms with van der Waals surface area (Å²) in [6.07, 6.45) is 3.66. The number of allylic oxidation sites excluding steroid dienone is 3. The second kappa shape index (κ2) is 5.24. The molecule has 0 aliphatic rings. The lowest BCUT2D eigenvalue weighted by atomic mass is 10.3. The lowest BCUT2D eigenvalue weighted by molar-refractivity contribution is 1.33.